The Morgan fingerprint density at radius 1 is 1.33 bits per heavy atom. The van der Waals surface area contributed by atoms with Crippen LogP contribution in [-0.2, 0) is 11.2 Å². The van der Waals surface area contributed by atoms with Gasteiger partial charge in [-0.25, -0.2) is 9.97 Å². The highest BCUT2D eigenvalue weighted by molar-refractivity contribution is 5.89. The molecule has 3 rings (SSSR count). The molecule has 0 aliphatic carbocycles. The number of benzene rings is 1. The predicted octanol–water partition coefficient (Wildman–Crippen LogP) is 1.62. The molecule has 1 atom stereocenters. The number of nitrogens with one attached hydrogen (secondary N) is 1. The lowest BCUT2D eigenvalue weighted by Gasteiger charge is -2.31. The van der Waals surface area contributed by atoms with Crippen molar-refractivity contribution in [2.24, 2.45) is 5.73 Å². The Labute approximate surface area is 142 Å². The normalized spacial score (nSPS) is 17.5. The average molecular weight is 327 g/mol. The van der Waals surface area contributed by atoms with Crippen molar-refractivity contribution >= 4 is 22.6 Å². The number of carbonyl (C=O) groups excluding carboxylic acids is 1. The van der Waals surface area contributed by atoms with Gasteiger partial charge in [0.25, 0.3) is 0 Å². The van der Waals surface area contributed by atoms with Crippen LogP contribution < -0.4 is 16.0 Å². The molecule has 1 unspecified atom stereocenters. The molecule has 1 aliphatic rings. The Morgan fingerprint density at radius 3 is 2.79 bits per heavy atom. The number of para-hydroxylation sites is 1. The molecule has 0 radical (unpaired) electrons. The van der Waals surface area contributed by atoms with Crippen LogP contribution in [-0.4, -0.2) is 41.0 Å². The Bertz CT molecular complexity index is 730. The molecule has 1 amide bonds. The lowest BCUT2D eigenvalue weighted by atomic mass is 10.1. The summed E-state index contributed by atoms with van der Waals surface area (Å²) < 4.78 is 0. The van der Waals surface area contributed by atoms with E-state index in [4.69, 9.17) is 10.7 Å². The Morgan fingerprint density at radius 2 is 2.12 bits per heavy atom. The van der Waals surface area contributed by atoms with Gasteiger partial charge in [0.1, 0.15) is 11.6 Å². The number of hydrogen-bond acceptors (Lipinski definition) is 5. The maximum absolute atomic E-state index is 11.5. The van der Waals surface area contributed by atoms with Crippen LogP contribution in [0.5, 0.6) is 0 Å². The molecule has 1 aliphatic heterocycles. The van der Waals surface area contributed by atoms with Crippen molar-refractivity contribution in [3.63, 3.8) is 0 Å². The van der Waals surface area contributed by atoms with Gasteiger partial charge in [0.05, 0.1) is 5.52 Å². The topological polar surface area (TPSA) is 84.1 Å². The summed E-state index contributed by atoms with van der Waals surface area (Å²) in [7, 11) is 0. The minimum absolute atomic E-state index is 0.139. The van der Waals surface area contributed by atoms with Crippen molar-refractivity contribution in [1.82, 2.24) is 15.3 Å². The highest BCUT2D eigenvalue weighted by atomic mass is 16.1. The molecule has 0 bridgehead atoms. The minimum atomic E-state index is 0.139. The standard InChI is InChI=1S/C18H25N5O/c1-12(2)23(11-13-7-8-17(24)20-13)18-14-5-3-4-6-15(14)21-16(22-18)9-10-19/h3-6,12-13H,7-11,19H2,1-2H3,(H,20,24). The van der Waals surface area contributed by atoms with Crippen LogP contribution in [0.2, 0.25) is 0 Å². The van der Waals surface area contributed by atoms with Crippen molar-refractivity contribution in [3.8, 4) is 0 Å². The quantitative estimate of drug-likeness (QED) is 0.842. The van der Waals surface area contributed by atoms with Gasteiger partial charge in [-0.15, -0.1) is 0 Å². The summed E-state index contributed by atoms with van der Waals surface area (Å²) in [5.41, 5.74) is 6.63. The van der Waals surface area contributed by atoms with E-state index in [9.17, 15) is 4.79 Å². The number of nitrogens with zero attached hydrogens (tertiary/aromatic N) is 3. The zero-order valence-electron chi connectivity index (χ0n) is 14.3. The number of anilines is 1. The smallest absolute Gasteiger partial charge is 0.220 e. The van der Waals surface area contributed by atoms with Gasteiger partial charge in [0.15, 0.2) is 0 Å². The van der Waals surface area contributed by atoms with E-state index in [1.165, 1.54) is 0 Å². The number of amides is 1. The number of nitrogens with two attached hydrogens (primary N) is 1. The second-order valence-corrected chi connectivity index (χ2v) is 6.57. The fourth-order valence-corrected chi connectivity index (χ4v) is 3.16. The van der Waals surface area contributed by atoms with Crippen molar-refractivity contribution in [2.45, 2.75) is 45.2 Å². The van der Waals surface area contributed by atoms with Gasteiger partial charge in [-0.3, -0.25) is 4.79 Å². The molecular weight excluding hydrogens is 302 g/mol. The van der Waals surface area contributed by atoms with Crippen LogP contribution >= 0.6 is 0 Å². The van der Waals surface area contributed by atoms with Crippen molar-refractivity contribution in [3.05, 3.63) is 30.1 Å². The minimum Gasteiger partial charge on any atom is -0.352 e. The molecule has 0 spiro atoms. The zero-order valence-corrected chi connectivity index (χ0v) is 14.3. The van der Waals surface area contributed by atoms with Crippen LogP contribution in [0.3, 0.4) is 0 Å². The number of hydrogen-bond donors (Lipinski definition) is 2. The van der Waals surface area contributed by atoms with Crippen molar-refractivity contribution < 1.29 is 4.79 Å². The molecular formula is C18H25N5O. The first-order valence-corrected chi connectivity index (χ1v) is 8.60. The first-order chi connectivity index (χ1) is 11.6. The van der Waals surface area contributed by atoms with Gasteiger partial charge in [0.2, 0.25) is 5.91 Å². The fourth-order valence-electron chi connectivity index (χ4n) is 3.16. The van der Waals surface area contributed by atoms with Gasteiger partial charge >= 0.3 is 0 Å². The summed E-state index contributed by atoms with van der Waals surface area (Å²) in [6.45, 7) is 5.58. The van der Waals surface area contributed by atoms with Crippen LogP contribution in [0.15, 0.2) is 24.3 Å². The molecule has 6 nitrogen and oxygen atoms in total. The van der Waals surface area contributed by atoms with E-state index in [0.717, 1.165) is 35.5 Å². The molecule has 2 heterocycles. The third kappa shape index (κ3) is 3.48. The summed E-state index contributed by atoms with van der Waals surface area (Å²) in [5.74, 6) is 1.84. The molecule has 1 aromatic carbocycles. The second-order valence-electron chi connectivity index (χ2n) is 6.57. The lowest BCUT2D eigenvalue weighted by molar-refractivity contribution is -0.119. The van der Waals surface area contributed by atoms with E-state index < -0.39 is 0 Å². The van der Waals surface area contributed by atoms with Gasteiger partial charge in [0, 0.05) is 36.9 Å². The SMILES string of the molecule is CC(C)N(CC1CCC(=O)N1)c1nc(CCN)nc2ccccc12. The molecule has 24 heavy (non-hydrogen) atoms. The lowest BCUT2D eigenvalue weighted by Crippen LogP contribution is -2.42. The van der Waals surface area contributed by atoms with Gasteiger partial charge in [-0.1, -0.05) is 12.1 Å². The van der Waals surface area contributed by atoms with Gasteiger partial charge < -0.3 is 16.0 Å². The third-order valence-electron chi connectivity index (χ3n) is 4.39. The Hall–Kier alpha value is -2.21. The maximum atomic E-state index is 11.5. The Balaban J connectivity index is 2.00. The van der Waals surface area contributed by atoms with E-state index in [-0.39, 0.29) is 18.0 Å². The zero-order chi connectivity index (χ0) is 17.1. The largest absolute Gasteiger partial charge is 0.352 e. The molecule has 3 N–H and O–H groups in total. The maximum Gasteiger partial charge on any atom is 0.220 e. The van der Waals surface area contributed by atoms with Crippen LogP contribution in [0.4, 0.5) is 5.82 Å². The van der Waals surface area contributed by atoms with Gasteiger partial charge in [-0.2, -0.15) is 0 Å². The summed E-state index contributed by atoms with van der Waals surface area (Å²) in [4.78, 5) is 23.2. The fraction of sp³-hybridized carbons (Fsp3) is 0.500. The Kier molecular flexibility index (Phi) is 4.94. The van der Waals surface area contributed by atoms with Crippen LogP contribution in [0, 0.1) is 0 Å². The highest BCUT2D eigenvalue weighted by Gasteiger charge is 2.26. The van der Waals surface area contributed by atoms with E-state index >= 15 is 0 Å². The summed E-state index contributed by atoms with van der Waals surface area (Å²) in [6.07, 6.45) is 2.14. The van der Waals surface area contributed by atoms with E-state index in [0.29, 0.717) is 19.4 Å². The van der Waals surface area contributed by atoms with E-state index in [1.807, 2.05) is 18.2 Å². The third-order valence-corrected chi connectivity index (χ3v) is 4.39. The van der Waals surface area contributed by atoms with E-state index in [2.05, 4.69) is 35.1 Å². The molecule has 1 aromatic heterocycles. The van der Waals surface area contributed by atoms with Crippen molar-refractivity contribution in [1.29, 1.82) is 0 Å². The summed E-state index contributed by atoms with van der Waals surface area (Å²) >= 11 is 0. The molecule has 0 saturated carbocycles. The highest BCUT2D eigenvalue weighted by Crippen LogP contribution is 2.26. The van der Waals surface area contributed by atoms with Crippen molar-refractivity contribution in [2.75, 3.05) is 18.0 Å². The van der Waals surface area contributed by atoms with Gasteiger partial charge in [-0.05, 0) is 38.9 Å². The van der Waals surface area contributed by atoms with Crippen LogP contribution in [0.25, 0.3) is 10.9 Å². The first-order valence-electron chi connectivity index (χ1n) is 8.60. The van der Waals surface area contributed by atoms with E-state index in [1.54, 1.807) is 0 Å². The number of aromatic nitrogens is 2. The molecule has 128 valence electrons. The molecule has 1 saturated heterocycles. The average Bonchev–Trinajstić information content (AvgIpc) is 2.97. The number of rotatable bonds is 6. The monoisotopic (exact) mass is 327 g/mol. The van der Waals surface area contributed by atoms with Crippen LogP contribution in [0.1, 0.15) is 32.5 Å². The molecule has 2 aromatic rings. The number of carbonyl (C=O) groups is 1. The first kappa shape index (κ1) is 16.6. The predicted molar refractivity (Wildman–Crippen MR) is 95.9 cm³/mol. The molecule has 1 fully saturated rings. The summed E-state index contributed by atoms with van der Waals surface area (Å²) in [6, 6.07) is 8.50. The number of fused-ring (bicyclic) bond motifs is 1. The molecule has 6 heteroatoms. The summed E-state index contributed by atoms with van der Waals surface area (Å²) in [5, 5.41) is 4.09. The second kappa shape index (κ2) is 7.13.